The van der Waals surface area contributed by atoms with Crippen LogP contribution in [0.15, 0.2) is 0 Å². The summed E-state index contributed by atoms with van der Waals surface area (Å²) in [4.78, 5) is 14.1. The van der Waals surface area contributed by atoms with Crippen molar-refractivity contribution in [3.63, 3.8) is 0 Å². The van der Waals surface area contributed by atoms with Gasteiger partial charge in [-0.3, -0.25) is 9.63 Å². The van der Waals surface area contributed by atoms with Crippen molar-refractivity contribution < 1.29 is 27.5 Å². The van der Waals surface area contributed by atoms with E-state index in [2.05, 4.69) is 9.57 Å². The predicted molar refractivity (Wildman–Crippen MR) is 32.0 cm³/mol. The fourth-order valence-electron chi connectivity index (χ4n) is 0.299. The predicted octanol–water partition coefficient (Wildman–Crippen LogP) is 0.243. The van der Waals surface area contributed by atoms with Gasteiger partial charge in [0.05, 0.1) is 13.2 Å². The molecule has 1 amide bonds. The van der Waals surface area contributed by atoms with E-state index in [1.807, 2.05) is 0 Å². The summed E-state index contributed by atoms with van der Waals surface area (Å²) in [5.41, 5.74) is 1.21. The second-order valence-corrected chi connectivity index (χ2v) is 1.77. The average Bonchev–Trinajstić information content (AvgIpc) is 1.96. The third kappa shape index (κ3) is 4.91. The molecule has 0 saturated heterocycles. The number of carbonyl (C=O) groups is 1. The molecule has 0 heterocycles. The molecule has 0 aliphatic heterocycles. The number of halogens is 3. The Morgan fingerprint density at radius 3 is 2.42 bits per heavy atom. The highest BCUT2D eigenvalue weighted by atomic mass is 19.4. The van der Waals surface area contributed by atoms with Gasteiger partial charge in [-0.05, 0) is 0 Å². The highest BCUT2D eigenvalue weighted by molar-refractivity contribution is 5.80. The lowest BCUT2D eigenvalue weighted by Gasteiger charge is -2.06. The van der Waals surface area contributed by atoms with Crippen molar-refractivity contribution in [3.8, 4) is 0 Å². The molecular weight excluding hydrogens is 179 g/mol. The second-order valence-electron chi connectivity index (χ2n) is 1.77. The Balaban J connectivity index is 3.45. The number of hydrogen-bond donors (Lipinski definition) is 1. The summed E-state index contributed by atoms with van der Waals surface area (Å²) >= 11 is 0. The van der Waals surface area contributed by atoms with E-state index in [0.717, 1.165) is 0 Å². The van der Waals surface area contributed by atoms with Crippen LogP contribution in [0.5, 0.6) is 0 Å². The largest absolute Gasteiger partial charge is 0.473 e. The number of ether oxygens (including phenoxy) is 1. The lowest BCUT2D eigenvalue weighted by molar-refractivity contribution is -0.186. The summed E-state index contributed by atoms with van der Waals surface area (Å²) in [5, 5.41) is 0. The fourth-order valence-corrected chi connectivity index (χ4v) is 0.299. The molecule has 0 aromatic rings. The van der Waals surface area contributed by atoms with Crippen LogP contribution in [0.1, 0.15) is 0 Å². The standard InChI is InChI=1S/C5H8F3NO3/c1-11-2-3-12-9-4(10)5(6,7)8/h2-3H2,1H3,(H,9,10). The van der Waals surface area contributed by atoms with Crippen LogP contribution in [-0.4, -0.2) is 32.4 Å². The molecule has 0 aliphatic rings. The molecule has 7 heteroatoms. The van der Waals surface area contributed by atoms with Gasteiger partial charge in [-0.15, -0.1) is 0 Å². The first-order valence-electron chi connectivity index (χ1n) is 2.96. The van der Waals surface area contributed by atoms with Gasteiger partial charge in [-0.25, -0.2) is 5.48 Å². The van der Waals surface area contributed by atoms with E-state index < -0.39 is 12.1 Å². The van der Waals surface area contributed by atoms with Crippen LogP contribution < -0.4 is 5.48 Å². The van der Waals surface area contributed by atoms with Crippen molar-refractivity contribution in [2.75, 3.05) is 20.3 Å². The van der Waals surface area contributed by atoms with Crippen molar-refractivity contribution in [1.29, 1.82) is 0 Å². The van der Waals surface area contributed by atoms with Crippen molar-refractivity contribution in [2.45, 2.75) is 6.18 Å². The first-order chi connectivity index (χ1) is 5.48. The lowest BCUT2D eigenvalue weighted by atomic mass is 10.6. The quantitative estimate of drug-likeness (QED) is 0.506. The smallest absolute Gasteiger partial charge is 0.382 e. The molecule has 0 aromatic carbocycles. The van der Waals surface area contributed by atoms with Crippen molar-refractivity contribution in [1.82, 2.24) is 5.48 Å². The molecule has 0 rings (SSSR count). The summed E-state index contributed by atoms with van der Waals surface area (Å²) in [7, 11) is 1.36. The Morgan fingerprint density at radius 2 is 2.00 bits per heavy atom. The number of hydrogen-bond acceptors (Lipinski definition) is 3. The molecule has 0 spiro atoms. The lowest BCUT2D eigenvalue weighted by Crippen LogP contribution is -2.37. The molecule has 72 valence electrons. The van der Waals surface area contributed by atoms with Gasteiger partial charge in [-0.1, -0.05) is 0 Å². The highest BCUT2D eigenvalue weighted by Gasteiger charge is 2.38. The molecule has 0 fully saturated rings. The second kappa shape index (κ2) is 4.94. The van der Waals surface area contributed by atoms with Gasteiger partial charge in [0.15, 0.2) is 0 Å². The van der Waals surface area contributed by atoms with E-state index in [1.54, 1.807) is 0 Å². The number of methoxy groups -OCH3 is 1. The van der Waals surface area contributed by atoms with Crippen LogP contribution in [0.25, 0.3) is 0 Å². The summed E-state index contributed by atoms with van der Waals surface area (Å²) in [5.74, 6) is -2.13. The normalized spacial score (nSPS) is 11.3. The fraction of sp³-hybridized carbons (Fsp3) is 0.800. The zero-order valence-corrected chi connectivity index (χ0v) is 6.27. The molecule has 0 radical (unpaired) electrons. The molecule has 0 atom stereocenters. The topological polar surface area (TPSA) is 47.6 Å². The van der Waals surface area contributed by atoms with E-state index in [0.29, 0.717) is 0 Å². The molecular formula is C5H8F3NO3. The van der Waals surface area contributed by atoms with Gasteiger partial charge in [0.1, 0.15) is 0 Å². The van der Waals surface area contributed by atoms with Gasteiger partial charge >= 0.3 is 12.1 Å². The van der Waals surface area contributed by atoms with E-state index in [-0.39, 0.29) is 13.2 Å². The molecule has 1 N–H and O–H groups in total. The molecule has 0 aromatic heterocycles. The van der Waals surface area contributed by atoms with Crippen molar-refractivity contribution in [3.05, 3.63) is 0 Å². The van der Waals surface area contributed by atoms with E-state index in [9.17, 15) is 18.0 Å². The molecule has 0 aliphatic carbocycles. The zero-order chi connectivity index (χ0) is 9.61. The Kier molecular flexibility index (Phi) is 4.60. The van der Waals surface area contributed by atoms with Crippen LogP contribution in [0, 0.1) is 0 Å². The third-order valence-corrected chi connectivity index (χ3v) is 0.812. The maximum Gasteiger partial charge on any atom is 0.473 e. The third-order valence-electron chi connectivity index (χ3n) is 0.812. The minimum Gasteiger partial charge on any atom is -0.382 e. The van der Waals surface area contributed by atoms with Crippen LogP contribution in [-0.2, 0) is 14.4 Å². The van der Waals surface area contributed by atoms with Crippen molar-refractivity contribution in [2.24, 2.45) is 0 Å². The van der Waals surface area contributed by atoms with Crippen LogP contribution >= 0.6 is 0 Å². The van der Waals surface area contributed by atoms with E-state index >= 15 is 0 Å². The minimum atomic E-state index is -4.91. The molecule has 0 saturated carbocycles. The number of rotatable bonds is 4. The average molecular weight is 187 g/mol. The van der Waals surface area contributed by atoms with Crippen LogP contribution in [0.4, 0.5) is 13.2 Å². The Labute approximate surface area is 66.6 Å². The van der Waals surface area contributed by atoms with Gasteiger partial charge in [-0.2, -0.15) is 13.2 Å². The maximum atomic E-state index is 11.4. The molecule has 0 bridgehead atoms. The van der Waals surface area contributed by atoms with Gasteiger partial charge in [0, 0.05) is 7.11 Å². The highest BCUT2D eigenvalue weighted by Crippen LogP contribution is 2.13. The Hall–Kier alpha value is -0.820. The SMILES string of the molecule is COCCONC(=O)C(F)(F)F. The van der Waals surface area contributed by atoms with E-state index in [1.165, 1.54) is 12.6 Å². The minimum absolute atomic E-state index is 0.109. The number of alkyl halides is 3. The molecule has 0 unspecified atom stereocenters. The summed E-state index contributed by atoms with van der Waals surface area (Å²) < 4.78 is 38.8. The van der Waals surface area contributed by atoms with Crippen molar-refractivity contribution >= 4 is 5.91 Å². The Bertz CT molecular complexity index is 147. The summed E-state index contributed by atoms with van der Waals surface area (Å²) in [6, 6.07) is 0. The monoisotopic (exact) mass is 187 g/mol. The number of carbonyl (C=O) groups excluding carboxylic acids is 1. The molecule has 12 heavy (non-hydrogen) atoms. The van der Waals surface area contributed by atoms with Crippen LogP contribution in [0.3, 0.4) is 0 Å². The first kappa shape index (κ1) is 11.2. The zero-order valence-electron chi connectivity index (χ0n) is 6.27. The van der Waals surface area contributed by atoms with Crippen LogP contribution in [0.2, 0.25) is 0 Å². The first-order valence-corrected chi connectivity index (χ1v) is 2.96. The summed E-state index contributed by atoms with van der Waals surface area (Å²) in [6.07, 6.45) is -4.91. The van der Waals surface area contributed by atoms with Gasteiger partial charge in [0.2, 0.25) is 0 Å². The molecule has 4 nitrogen and oxygen atoms in total. The number of nitrogens with one attached hydrogen (secondary N) is 1. The summed E-state index contributed by atoms with van der Waals surface area (Å²) in [6.45, 7) is -0.0174. The van der Waals surface area contributed by atoms with Gasteiger partial charge in [0.25, 0.3) is 0 Å². The van der Waals surface area contributed by atoms with Gasteiger partial charge < -0.3 is 4.74 Å². The number of hydroxylamine groups is 1. The maximum absolute atomic E-state index is 11.4. The number of amides is 1. The Morgan fingerprint density at radius 1 is 1.42 bits per heavy atom. The van der Waals surface area contributed by atoms with E-state index in [4.69, 9.17) is 0 Å².